The molecule has 4 heteroatoms. The number of esters is 1. The minimum atomic E-state index is -0.194. The average molecular weight is 169 g/mol. The van der Waals surface area contributed by atoms with Crippen molar-refractivity contribution in [3.05, 3.63) is 18.4 Å². The van der Waals surface area contributed by atoms with Crippen molar-refractivity contribution in [3.63, 3.8) is 0 Å². The fourth-order valence-corrected chi connectivity index (χ4v) is 0.824. The number of rotatable bonds is 4. The van der Waals surface area contributed by atoms with Gasteiger partial charge >= 0.3 is 5.97 Å². The average Bonchev–Trinajstić information content (AvgIpc) is 2.53. The Labute approximate surface area is 70.5 Å². The Morgan fingerprint density at radius 1 is 1.75 bits per heavy atom. The van der Waals surface area contributed by atoms with Gasteiger partial charge in [0.25, 0.3) is 0 Å². The summed E-state index contributed by atoms with van der Waals surface area (Å²) < 4.78 is 9.49. The highest BCUT2D eigenvalue weighted by atomic mass is 16.5. The standard InChI is InChI=1S/C8H11NO3/c1-2-12-8(10)4-3-7-5-11-6-9-7/h5-6H,2-4H2,1H3. The van der Waals surface area contributed by atoms with Crippen LogP contribution in [0.25, 0.3) is 0 Å². The van der Waals surface area contributed by atoms with Gasteiger partial charge in [-0.15, -0.1) is 0 Å². The van der Waals surface area contributed by atoms with Crippen LogP contribution in [0.5, 0.6) is 0 Å². The molecule has 0 atom stereocenters. The third-order valence-corrected chi connectivity index (χ3v) is 1.37. The Morgan fingerprint density at radius 2 is 2.58 bits per heavy atom. The monoisotopic (exact) mass is 169 g/mol. The van der Waals surface area contributed by atoms with E-state index < -0.39 is 0 Å². The highest BCUT2D eigenvalue weighted by Gasteiger charge is 2.03. The molecule has 0 fully saturated rings. The predicted octanol–water partition coefficient (Wildman–Crippen LogP) is 1.17. The smallest absolute Gasteiger partial charge is 0.306 e. The zero-order chi connectivity index (χ0) is 8.81. The van der Waals surface area contributed by atoms with E-state index in [2.05, 4.69) is 4.98 Å². The zero-order valence-electron chi connectivity index (χ0n) is 6.95. The lowest BCUT2D eigenvalue weighted by molar-refractivity contribution is -0.143. The van der Waals surface area contributed by atoms with Crippen molar-refractivity contribution in [2.24, 2.45) is 0 Å². The maximum atomic E-state index is 10.9. The fraction of sp³-hybridized carbons (Fsp3) is 0.500. The van der Waals surface area contributed by atoms with Crippen LogP contribution in [0.15, 0.2) is 17.1 Å². The molecule has 0 N–H and O–H groups in total. The van der Waals surface area contributed by atoms with Crippen molar-refractivity contribution in [1.29, 1.82) is 0 Å². The molecule has 1 heterocycles. The molecular formula is C8H11NO3. The molecule has 4 nitrogen and oxygen atoms in total. The predicted molar refractivity (Wildman–Crippen MR) is 41.5 cm³/mol. The van der Waals surface area contributed by atoms with Gasteiger partial charge in [0.15, 0.2) is 6.39 Å². The van der Waals surface area contributed by atoms with E-state index in [0.717, 1.165) is 5.69 Å². The van der Waals surface area contributed by atoms with Crippen LogP contribution >= 0.6 is 0 Å². The molecule has 0 aliphatic carbocycles. The van der Waals surface area contributed by atoms with Gasteiger partial charge in [-0.1, -0.05) is 0 Å². The van der Waals surface area contributed by atoms with Gasteiger partial charge in [-0.25, -0.2) is 4.98 Å². The Kier molecular flexibility index (Phi) is 3.32. The van der Waals surface area contributed by atoms with Gasteiger partial charge < -0.3 is 9.15 Å². The molecule has 0 unspecified atom stereocenters. The minimum absolute atomic E-state index is 0.194. The van der Waals surface area contributed by atoms with Crippen LogP contribution in [-0.4, -0.2) is 17.6 Å². The first kappa shape index (κ1) is 8.77. The van der Waals surface area contributed by atoms with Gasteiger partial charge in [-0.3, -0.25) is 4.79 Å². The summed E-state index contributed by atoms with van der Waals surface area (Å²) in [5.74, 6) is -0.194. The molecule has 0 saturated heterocycles. The Hall–Kier alpha value is -1.32. The molecule has 66 valence electrons. The maximum Gasteiger partial charge on any atom is 0.306 e. The molecule has 1 rings (SSSR count). The first-order valence-corrected chi connectivity index (χ1v) is 3.85. The van der Waals surface area contributed by atoms with Crippen LogP contribution in [0, 0.1) is 0 Å². The summed E-state index contributed by atoms with van der Waals surface area (Å²) >= 11 is 0. The second-order valence-electron chi connectivity index (χ2n) is 2.28. The van der Waals surface area contributed by atoms with E-state index in [1.54, 1.807) is 6.92 Å². The van der Waals surface area contributed by atoms with Crippen LogP contribution in [0.4, 0.5) is 0 Å². The van der Waals surface area contributed by atoms with Gasteiger partial charge in [0.2, 0.25) is 0 Å². The second-order valence-corrected chi connectivity index (χ2v) is 2.28. The highest BCUT2D eigenvalue weighted by Crippen LogP contribution is 1.99. The number of aryl methyl sites for hydroxylation is 1. The molecule has 1 aromatic rings. The van der Waals surface area contributed by atoms with E-state index in [1.165, 1.54) is 12.7 Å². The number of oxazole rings is 1. The number of ether oxygens (including phenoxy) is 1. The van der Waals surface area contributed by atoms with Crippen LogP contribution < -0.4 is 0 Å². The number of carbonyl (C=O) groups is 1. The summed E-state index contributed by atoms with van der Waals surface area (Å²) in [5, 5.41) is 0. The molecule has 0 bridgehead atoms. The largest absolute Gasteiger partial charge is 0.466 e. The van der Waals surface area contributed by atoms with Crippen LogP contribution in [0.3, 0.4) is 0 Å². The molecule has 0 aliphatic rings. The van der Waals surface area contributed by atoms with E-state index in [-0.39, 0.29) is 5.97 Å². The summed E-state index contributed by atoms with van der Waals surface area (Å²) in [7, 11) is 0. The molecule has 0 saturated carbocycles. The quantitative estimate of drug-likeness (QED) is 0.635. The van der Waals surface area contributed by atoms with Crippen molar-refractivity contribution >= 4 is 5.97 Å². The maximum absolute atomic E-state index is 10.9. The Balaban J connectivity index is 2.22. The summed E-state index contributed by atoms with van der Waals surface area (Å²) in [6.07, 6.45) is 3.81. The molecule has 1 aromatic heterocycles. The van der Waals surface area contributed by atoms with E-state index >= 15 is 0 Å². The van der Waals surface area contributed by atoms with Gasteiger partial charge in [0, 0.05) is 6.42 Å². The van der Waals surface area contributed by atoms with Crippen molar-refractivity contribution in [3.8, 4) is 0 Å². The number of nitrogens with zero attached hydrogens (tertiary/aromatic N) is 1. The molecule has 0 radical (unpaired) electrons. The number of hydrogen-bond acceptors (Lipinski definition) is 4. The first-order chi connectivity index (χ1) is 5.83. The molecule has 0 aromatic carbocycles. The lowest BCUT2D eigenvalue weighted by Gasteiger charge is -1.98. The third-order valence-electron chi connectivity index (χ3n) is 1.37. The lowest BCUT2D eigenvalue weighted by atomic mass is 10.2. The third kappa shape index (κ3) is 2.74. The van der Waals surface area contributed by atoms with Crippen LogP contribution in [0.1, 0.15) is 19.0 Å². The van der Waals surface area contributed by atoms with E-state index in [0.29, 0.717) is 19.4 Å². The Bertz CT molecular complexity index is 230. The fourth-order valence-electron chi connectivity index (χ4n) is 0.824. The van der Waals surface area contributed by atoms with E-state index in [9.17, 15) is 4.79 Å². The SMILES string of the molecule is CCOC(=O)CCc1cocn1. The molecule has 0 amide bonds. The molecule has 12 heavy (non-hydrogen) atoms. The van der Waals surface area contributed by atoms with Crippen molar-refractivity contribution in [2.45, 2.75) is 19.8 Å². The zero-order valence-corrected chi connectivity index (χ0v) is 6.95. The van der Waals surface area contributed by atoms with Crippen molar-refractivity contribution in [2.75, 3.05) is 6.61 Å². The summed E-state index contributed by atoms with van der Waals surface area (Å²) in [6, 6.07) is 0. The number of aromatic nitrogens is 1. The molecular weight excluding hydrogens is 158 g/mol. The summed E-state index contributed by atoms with van der Waals surface area (Å²) in [5.41, 5.74) is 0.781. The highest BCUT2D eigenvalue weighted by molar-refractivity contribution is 5.69. The number of hydrogen-bond donors (Lipinski definition) is 0. The van der Waals surface area contributed by atoms with Gasteiger partial charge in [0.05, 0.1) is 18.7 Å². The first-order valence-electron chi connectivity index (χ1n) is 3.85. The molecule has 0 aliphatic heterocycles. The topological polar surface area (TPSA) is 52.3 Å². The van der Waals surface area contributed by atoms with Crippen LogP contribution in [-0.2, 0) is 16.0 Å². The second kappa shape index (κ2) is 4.54. The van der Waals surface area contributed by atoms with Crippen molar-refractivity contribution < 1.29 is 13.9 Å². The van der Waals surface area contributed by atoms with Gasteiger partial charge in [-0.2, -0.15) is 0 Å². The minimum Gasteiger partial charge on any atom is -0.466 e. The van der Waals surface area contributed by atoms with E-state index in [1.807, 2.05) is 0 Å². The summed E-state index contributed by atoms with van der Waals surface area (Å²) in [4.78, 5) is 14.7. The van der Waals surface area contributed by atoms with Gasteiger partial charge in [0.1, 0.15) is 6.26 Å². The lowest BCUT2D eigenvalue weighted by Crippen LogP contribution is -2.05. The van der Waals surface area contributed by atoms with E-state index in [4.69, 9.17) is 9.15 Å². The Morgan fingerprint density at radius 3 is 3.17 bits per heavy atom. The summed E-state index contributed by atoms with van der Waals surface area (Å²) in [6.45, 7) is 2.21. The van der Waals surface area contributed by atoms with Crippen LogP contribution in [0.2, 0.25) is 0 Å². The molecule has 0 spiro atoms. The normalized spacial score (nSPS) is 9.75. The van der Waals surface area contributed by atoms with Gasteiger partial charge in [-0.05, 0) is 6.92 Å². The number of carbonyl (C=O) groups excluding carboxylic acids is 1. The van der Waals surface area contributed by atoms with Crippen molar-refractivity contribution in [1.82, 2.24) is 4.98 Å².